The van der Waals surface area contributed by atoms with Crippen molar-refractivity contribution >= 4 is 23.5 Å². The van der Waals surface area contributed by atoms with Crippen molar-refractivity contribution in [2.24, 2.45) is 5.92 Å². The number of carbonyl (C=O) groups is 2. The van der Waals surface area contributed by atoms with E-state index in [0.717, 1.165) is 6.08 Å². The lowest BCUT2D eigenvalue weighted by Gasteiger charge is -2.34. The fraction of sp³-hybridized carbons (Fsp3) is 0.231. The summed E-state index contributed by atoms with van der Waals surface area (Å²) in [6.45, 7) is 1.30. The topological polar surface area (TPSA) is 100 Å². The monoisotopic (exact) mass is 330 g/mol. The molecule has 0 aromatic carbocycles. The molecule has 0 bridgehead atoms. The molecular formula is C13H9ClF2N2O4. The zero-order valence-corrected chi connectivity index (χ0v) is 11.8. The van der Waals surface area contributed by atoms with Gasteiger partial charge in [0.25, 0.3) is 0 Å². The van der Waals surface area contributed by atoms with Gasteiger partial charge in [0.2, 0.25) is 5.95 Å². The minimum atomic E-state index is -2.12. The van der Waals surface area contributed by atoms with Crippen LogP contribution in [0.25, 0.3) is 0 Å². The van der Waals surface area contributed by atoms with E-state index in [0.29, 0.717) is 0 Å². The van der Waals surface area contributed by atoms with E-state index in [9.17, 15) is 23.5 Å². The van der Waals surface area contributed by atoms with Crippen molar-refractivity contribution in [3.05, 3.63) is 46.5 Å². The van der Waals surface area contributed by atoms with Gasteiger partial charge in [0, 0.05) is 11.5 Å². The Morgan fingerprint density at radius 1 is 1.32 bits per heavy atom. The summed E-state index contributed by atoms with van der Waals surface area (Å²) in [5.74, 6) is -5.48. The highest BCUT2D eigenvalue weighted by molar-refractivity contribution is 6.31. The summed E-state index contributed by atoms with van der Waals surface area (Å²) in [5, 5.41) is 18.0. The smallest absolute Gasteiger partial charge is 0.331 e. The first-order chi connectivity index (χ1) is 10.2. The Hall–Kier alpha value is -2.35. The minimum absolute atomic E-state index is 0.250. The maximum Gasteiger partial charge on any atom is 0.331 e. The maximum absolute atomic E-state index is 13.5. The molecule has 0 aliphatic heterocycles. The van der Waals surface area contributed by atoms with Gasteiger partial charge in [-0.25, -0.2) is 9.78 Å². The predicted molar refractivity (Wildman–Crippen MR) is 70.3 cm³/mol. The maximum atomic E-state index is 13.5. The van der Waals surface area contributed by atoms with Gasteiger partial charge in [-0.1, -0.05) is 36.8 Å². The fourth-order valence-corrected chi connectivity index (χ4v) is 2.64. The van der Waals surface area contributed by atoms with E-state index in [4.69, 9.17) is 16.7 Å². The first kappa shape index (κ1) is 16.0. The van der Waals surface area contributed by atoms with Gasteiger partial charge in [-0.15, -0.1) is 0 Å². The third-order valence-electron chi connectivity index (χ3n) is 3.56. The fourth-order valence-electron chi connectivity index (χ4n) is 2.40. The summed E-state index contributed by atoms with van der Waals surface area (Å²) in [5.41, 5.74) is -3.01. The van der Waals surface area contributed by atoms with Crippen LogP contribution in [-0.2, 0) is 15.0 Å². The number of halogens is 3. The number of carboxylic acids is 2. The van der Waals surface area contributed by atoms with Crippen LogP contribution in [-0.4, -0.2) is 32.1 Å². The number of hydrogen-bond donors (Lipinski definition) is 2. The van der Waals surface area contributed by atoms with E-state index in [1.807, 2.05) is 0 Å². The molecule has 2 N–H and O–H groups in total. The average Bonchev–Trinajstić information content (AvgIpc) is 2.42. The molecule has 2 atom stereocenters. The normalized spacial score (nSPS) is 24.0. The first-order valence-electron chi connectivity index (χ1n) is 5.97. The number of carboxylic acid groups (broad SMARTS) is 2. The molecule has 0 fully saturated rings. The van der Waals surface area contributed by atoms with E-state index in [2.05, 4.69) is 9.97 Å². The van der Waals surface area contributed by atoms with Crippen molar-refractivity contribution in [1.29, 1.82) is 0 Å². The summed E-state index contributed by atoms with van der Waals surface area (Å²) < 4.78 is 26.9. The lowest BCUT2D eigenvalue weighted by atomic mass is 9.67. The lowest BCUT2D eigenvalue weighted by Crippen LogP contribution is -2.44. The Balaban J connectivity index is 2.77. The van der Waals surface area contributed by atoms with Gasteiger partial charge in [0.1, 0.15) is 10.4 Å². The number of rotatable bonds is 3. The molecule has 1 aromatic rings. The van der Waals surface area contributed by atoms with Crippen molar-refractivity contribution in [3.8, 4) is 0 Å². The Morgan fingerprint density at radius 2 is 1.95 bits per heavy atom. The third-order valence-corrected chi connectivity index (χ3v) is 3.90. The van der Waals surface area contributed by atoms with Gasteiger partial charge < -0.3 is 10.2 Å². The van der Waals surface area contributed by atoms with Crippen LogP contribution in [0.3, 0.4) is 0 Å². The quantitative estimate of drug-likeness (QED) is 0.649. The molecule has 116 valence electrons. The summed E-state index contributed by atoms with van der Waals surface area (Å²) in [6, 6.07) is 0. The Bertz CT molecular complexity index is 735. The second-order valence-corrected chi connectivity index (χ2v) is 5.01. The molecule has 0 saturated heterocycles. The Morgan fingerprint density at radius 3 is 2.50 bits per heavy atom. The average molecular weight is 331 g/mol. The number of nitrogens with zero attached hydrogens (tertiary/aromatic N) is 2. The number of aliphatic carboxylic acids is 2. The van der Waals surface area contributed by atoms with Crippen LogP contribution in [0.2, 0.25) is 5.02 Å². The molecule has 6 nitrogen and oxygen atoms in total. The highest BCUT2D eigenvalue weighted by Gasteiger charge is 2.50. The van der Waals surface area contributed by atoms with Gasteiger partial charge in [0.15, 0.2) is 0 Å². The molecular weight excluding hydrogens is 322 g/mol. The van der Waals surface area contributed by atoms with Crippen LogP contribution in [0.1, 0.15) is 12.6 Å². The second-order valence-electron chi connectivity index (χ2n) is 4.63. The summed E-state index contributed by atoms with van der Waals surface area (Å²) in [4.78, 5) is 29.1. The van der Waals surface area contributed by atoms with Crippen molar-refractivity contribution in [2.45, 2.75) is 12.3 Å². The van der Waals surface area contributed by atoms with Gasteiger partial charge in [-0.05, 0) is 0 Å². The first-order valence-corrected chi connectivity index (χ1v) is 6.34. The number of aromatic nitrogens is 2. The molecule has 0 spiro atoms. The summed E-state index contributed by atoms with van der Waals surface area (Å²) >= 11 is 5.69. The zero-order valence-electron chi connectivity index (χ0n) is 11.0. The second kappa shape index (κ2) is 5.45. The molecule has 1 aromatic heterocycles. The van der Waals surface area contributed by atoms with E-state index in [1.165, 1.54) is 19.1 Å². The largest absolute Gasteiger partial charge is 0.480 e. The molecule has 0 saturated carbocycles. The Kier molecular flexibility index (Phi) is 3.97. The van der Waals surface area contributed by atoms with Crippen LogP contribution < -0.4 is 0 Å². The lowest BCUT2D eigenvalue weighted by molar-refractivity contribution is -0.143. The molecule has 0 radical (unpaired) electrons. The Labute approximate surface area is 127 Å². The van der Waals surface area contributed by atoms with E-state index < -0.39 is 46.0 Å². The number of hydrogen-bond acceptors (Lipinski definition) is 4. The molecule has 0 amide bonds. The third kappa shape index (κ3) is 2.25. The van der Waals surface area contributed by atoms with E-state index >= 15 is 0 Å². The summed E-state index contributed by atoms with van der Waals surface area (Å²) in [7, 11) is 0. The van der Waals surface area contributed by atoms with Gasteiger partial charge >= 0.3 is 18.0 Å². The standard InChI is InChI=1S/C13H9ClF2N2O4/c1-5-6(10(19)20)3-2-4-13(5,11(21)22)8-7(14)9(15)18-12(16)17-8/h2-5H,1H3,(H,19,20)(H,21,22). The molecule has 9 heteroatoms. The van der Waals surface area contributed by atoms with E-state index in [-0.39, 0.29) is 5.57 Å². The van der Waals surface area contributed by atoms with Crippen LogP contribution in [0, 0.1) is 17.9 Å². The van der Waals surface area contributed by atoms with Crippen LogP contribution in [0.5, 0.6) is 0 Å². The van der Waals surface area contributed by atoms with Crippen LogP contribution >= 0.6 is 11.6 Å². The molecule has 22 heavy (non-hydrogen) atoms. The van der Waals surface area contributed by atoms with Crippen molar-refractivity contribution < 1.29 is 28.6 Å². The zero-order chi connectivity index (χ0) is 16.7. The van der Waals surface area contributed by atoms with Crippen molar-refractivity contribution in [1.82, 2.24) is 9.97 Å². The molecule has 1 aliphatic rings. The van der Waals surface area contributed by atoms with Crippen LogP contribution in [0.15, 0.2) is 23.8 Å². The van der Waals surface area contributed by atoms with Crippen molar-refractivity contribution in [2.75, 3.05) is 0 Å². The highest BCUT2D eigenvalue weighted by atomic mass is 35.5. The minimum Gasteiger partial charge on any atom is -0.480 e. The SMILES string of the molecule is CC1C(C(=O)O)=CC=CC1(C(=O)O)c1nc(F)nc(F)c1Cl. The van der Waals surface area contributed by atoms with Gasteiger partial charge in [-0.2, -0.15) is 13.8 Å². The highest BCUT2D eigenvalue weighted by Crippen LogP contribution is 2.43. The van der Waals surface area contributed by atoms with Gasteiger partial charge in [0.05, 0.1) is 5.69 Å². The van der Waals surface area contributed by atoms with Gasteiger partial charge in [-0.3, -0.25) is 4.79 Å². The summed E-state index contributed by atoms with van der Waals surface area (Å²) in [6.07, 6.45) is 1.98. The van der Waals surface area contributed by atoms with Crippen LogP contribution in [0.4, 0.5) is 8.78 Å². The van der Waals surface area contributed by atoms with E-state index in [1.54, 1.807) is 0 Å². The van der Waals surface area contributed by atoms with Crippen molar-refractivity contribution in [3.63, 3.8) is 0 Å². The molecule has 2 rings (SSSR count). The number of allylic oxidation sites excluding steroid dienone is 2. The predicted octanol–water partition coefficient (Wildman–Crippen LogP) is 1.95. The molecule has 1 aliphatic carbocycles. The molecule has 2 unspecified atom stereocenters. The molecule has 1 heterocycles.